The maximum atomic E-state index is 3.40. The normalized spacial score (nSPS) is 10.9. The van der Waals surface area contributed by atoms with Gasteiger partial charge in [0.05, 0.1) is 0 Å². The Morgan fingerprint density at radius 2 is 1.92 bits per heavy atom. The molecule has 13 heavy (non-hydrogen) atoms. The molecule has 68 valence electrons. The Morgan fingerprint density at radius 3 is 2.62 bits per heavy atom. The quantitative estimate of drug-likeness (QED) is 0.717. The van der Waals surface area contributed by atoms with Gasteiger partial charge in [-0.3, -0.25) is 0 Å². The van der Waals surface area contributed by atoms with Gasteiger partial charge >= 0.3 is 0 Å². The second kappa shape index (κ2) is 3.25. The van der Waals surface area contributed by atoms with Gasteiger partial charge in [-0.05, 0) is 42.0 Å². The second-order valence-electron chi connectivity index (χ2n) is 3.42. The topological polar surface area (TPSA) is 15.8 Å². The minimum Gasteiger partial charge on any atom is -0.358 e. The van der Waals surface area contributed by atoms with Crippen LogP contribution in [0.2, 0.25) is 0 Å². The van der Waals surface area contributed by atoms with Crippen molar-refractivity contribution in [2.75, 3.05) is 0 Å². The highest BCUT2D eigenvalue weighted by Crippen LogP contribution is 2.17. The van der Waals surface area contributed by atoms with Gasteiger partial charge in [0.25, 0.3) is 0 Å². The first kappa shape index (κ1) is 8.36. The van der Waals surface area contributed by atoms with Crippen LogP contribution in [0, 0.1) is 0 Å². The molecule has 0 aliphatic rings. The molecule has 1 heterocycles. The highest BCUT2D eigenvalue weighted by Gasteiger charge is 1.99. The second-order valence-corrected chi connectivity index (χ2v) is 3.42. The van der Waals surface area contributed by atoms with E-state index in [1.165, 1.54) is 22.2 Å². The molecule has 0 fully saturated rings. The van der Waals surface area contributed by atoms with E-state index in [1.54, 1.807) is 0 Å². The number of aromatic nitrogens is 1. The first-order valence-corrected chi connectivity index (χ1v) is 4.94. The Kier molecular flexibility index (Phi) is 2.09. The van der Waals surface area contributed by atoms with Crippen LogP contribution in [0.25, 0.3) is 10.9 Å². The van der Waals surface area contributed by atoms with Crippen molar-refractivity contribution in [2.24, 2.45) is 0 Å². The molecule has 0 amide bonds. The molecule has 0 spiro atoms. The molecule has 0 aliphatic carbocycles. The van der Waals surface area contributed by atoms with Crippen LogP contribution in [0.1, 0.15) is 25.1 Å². The lowest BCUT2D eigenvalue weighted by Gasteiger charge is -1.94. The first-order chi connectivity index (χ1) is 6.33. The van der Waals surface area contributed by atoms with E-state index in [2.05, 4.69) is 43.1 Å². The van der Waals surface area contributed by atoms with Crippen molar-refractivity contribution in [3.05, 3.63) is 35.5 Å². The van der Waals surface area contributed by atoms with Gasteiger partial charge in [0.2, 0.25) is 0 Å². The van der Waals surface area contributed by atoms with Crippen LogP contribution < -0.4 is 0 Å². The van der Waals surface area contributed by atoms with Gasteiger partial charge in [-0.2, -0.15) is 0 Å². The van der Waals surface area contributed by atoms with E-state index in [9.17, 15) is 0 Å². The van der Waals surface area contributed by atoms with Gasteiger partial charge in [0.15, 0.2) is 0 Å². The smallest absolute Gasteiger partial charge is 0.0456 e. The fraction of sp³-hybridized carbons (Fsp3) is 0.333. The molecule has 1 aromatic carbocycles. The third-order valence-corrected chi connectivity index (χ3v) is 2.53. The van der Waals surface area contributed by atoms with Crippen LogP contribution in [0.4, 0.5) is 0 Å². The van der Waals surface area contributed by atoms with Gasteiger partial charge in [-0.15, -0.1) is 0 Å². The Hall–Kier alpha value is -1.24. The maximum absolute atomic E-state index is 3.40. The standard InChI is InChI=1S/C12H15N/c1-3-9-5-6-12-10(7-9)8-11(4-2)13-12/h5-8,13H,3-4H2,1-2H3. The Balaban J connectivity index is 2.57. The molecule has 0 unspecified atom stereocenters. The molecule has 2 rings (SSSR count). The Morgan fingerprint density at radius 1 is 1.08 bits per heavy atom. The summed E-state index contributed by atoms with van der Waals surface area (Å²) in [4.78, 5) is 3.40. The zero-order chi connectivity index (χ0) is 9.26. The van der Waals surface area contributed by atoms with Crippen molar-refractivity contribution in [3.8, 4) is 0 Å². The van der Waals surface area contributed by atoms with Crippen LogP contribution in [-0.2, 0) is 12.8 Å². The lowest BCUT2D eigenvalue weighted by Crippen LogP contribution is -1.77. The van der Waals surface area contributed by atoms with Gasteiger partial charge in [0.1, 0.15) is 0 Å². The molecule has 0 bridgehead atoms. The number of nitrogens with one attached hydrogen (secondary N) is 1. The van der Waals surface area contributed by atoms with E-state index in [0.29, 0.717) is 0 Å². The Labute approximate surface area is 78.8 Å². The molecule has 1 N–H and O–H groups in total. The molecule has 1 heteroatoms. The summed E-state index contributed by atoms with van der Waals surface area (Å²) >= 11 is 0. The summed E-state index contributed by atoms with van der Waals surface area (Å²) in [6, 6.07) is 8.88. The maximum Gasteiger partial charge on any atom is 0.0456 e. The Bertz CT molecular complexity index is 410. The lowest BCUT2D eigenvalue weighted by molar-refractivity contribution is 1.07. The SMILES string of the molecule is CCc1ccc2[nH]c(CC)cc2c1. The number of hydrogen-bond donors (Lipinski definition) is 1. The summed E-state index contributed by atoms with van der Waals surface area (Å²) in [6.07, 6.45) is 2.19. The fourth-order valence-electron chi connectivity index (χ4n) is 1.65. The summed E-state index contributed by atoms with van der Waals surface area (Å²) in [7, 11) is 0. The van der Waals surface area contributed by atoms with E-state index in [0.717, 1.165) is 12.8 Å². The zero-order valence-electron chi connectivity index (χ0n) is 8.22. The van der Waals surface area contributed by atoms with Crippen molar-refractivity contribution in [1.82, 2.24) is 4.98 Å². The fourth-order valence-corrected chi connectivity index (χ4v) is 1.65. The van der Waals surface area contributed by atoms with Crippen LogP contribution in [0.15, 0.2) is 24.3 Å². The predicted molar refractivity (Wildman–Crippen MR) is 57.1 cm³/mol. The average Bonchev–Trinajstić information content (AvgIpc) is 2.58. The first-order valence-electron chi connectivity index (χ1n) is 4.94. The van der Waals surface area contributed by atoms with Crippen molar-refractivity contribution in [1.29, 1.82) is 0 Å². The van der Waals surface area contributed by atoms with E-state index in [4.69, 9.17) is 0 Å². The van der Waals surface area contributed by atoms with Crippen molar-refractivity contribution >= 4 is 10.9 Å². The molecule has 0 saturated heterocycles. The number of H-pyrrole nitrogens is 1. The van der Waals surface area contributed by atoms with Crippen LogP contribution in [0.3, 0.4) is 0 Å². The molecule has 0 radical (unpaired) electrons. The van der Waals surface area contributed by atoms with E-state index < -0.39 is 0 Å². The van der Waals surface area contributed by atoms with Crippen molar-refractivity contribution < 1.29 is 0 Å². The third-order valence-electron chi connectivity index (χ3n) is 2.53. The molecule has 0 aliphatic heterocycles. The summed E-state index contributed by atoms with van der Waals surface area (Å²) < 4.78 is 0. The number of fused-ring (bicyclic) bond motifs is 1. The van der Waals surface area contributed by atoms with E-state index in [1.807, 2.05) is 0 Å². The van der Waals surface area contributed by atoms with Crippen LogP contribution in [-0.4, -0.2) is 4.98 Å². The molecular weight excluding hydrogens is 158 g/mol. The number of benzene rings is 1. The average molecular weight is 173 g/mol. The van der Waals surface area contributed by atoms with Gasteiger partial charge < -0.3 is 4.98 Å². The summed E-state index contributed by atoms with van der Waals surface area (Å²) in [5.74, 6) is 0. The predicted octanol–water partition coefficient (Wildman–Crippen LogP) is 3.29. The summed E-state index contributed by atoms with van der Waals surface area (Å²) in [6.45, 7) is 4.36. The third kappa shape index (κ3) is 1.46. The molecule has 1 nitrogen and oxygen atoms in total. The van der Waals surface area contributed by atoms with Crippen LogP contribution in [0.5, 0.6) is 0 Å². The largest absolute Gasteiger partial charge is 0.358 e. The number of aromatic amines is 1. The summed E-state index contributed by atoms with van der Waals surface area (Å²) in [5, 5.41) is 1.34. The monoisotopic (exact) mass is 173 g/mol. The lowest BCUT2D eigenvalue weighted by atomic mass is 10.1. The molecule has 1 aromatic heterocycles. The molecule has 2 aromatic rings. The zero-order valence-corrected chi connectivity index (χ0v) is 8.22. The van der Waals surface area contributed by atoms with Gasteiger partial charge in [-0.25, -0.2) is 0 Å². The number of hydrogen-bond acceptors (Lipinski definition) is 0. The minimum atomic E-state index is 1.08. The van der Waals surface area contributed by atoms with Crippen LogP contribution >= 0.6 is 0 Å². The minimum absolute atomic E-state index is 1.08. The van der Waals surface area contributed by atoms with Gasteiger partial charge in [-0.1, -0.05) is 19.9 Å². The summed E-state index contributed by atoms with van der Waals surface area (Å²) in [5.41, 5.74) is 3.99. The molecular formula is C12H15N. The van der Waals surface area contributed by atoms with Gasteiger partial charge in [0, 0.05) is 11.2 Å². The van der Waals surface area contributed by atoms with Crippen molar-refractivity contribution in [3.63, 3.8) is 0 Å². The molecule has 0 atom stereocenters. The van der Waals surface area contributed by atoms with E-state index >= 15 is 0 Å². The number of aryl methyl sites for hydroxylation is 2. The highest BCUT2D eigenvalue weighted by molar-refractivity contribution is 5.81. The van der Waals surface area contributed by atoms with Crippen molar-refractivity contribution in [2.45, 2.75) is 26.7 Å². The molecule has 0 saturated carbocycles. The highest BCUT2D eigenvalue weighted by atomic mass is 14.7. The number of rotatable bonds is 2. The van der Waals surface area contributed by atoms with E-state index in [-0.39, 0.29) is 0 Å².